The van der Waals surface area contributed by atoms with Gasteiger partial charge in [0, 0.05) is 13.1 Å². The van der Waals surface area contributed by atoms with Crippen LogP contribution in [0, 0.1) is 5.92 Å². The summed E-state index contributed by atoms with van der Waals surface area (Å²) in [4.78, 5) is 0. The molecule has 1 saturated heterocycles. The summed E-state index contributed by atoms with van der Waals surface area (Å²) in [7, 11) is 2.90. The van der Waals surface area contributed by atoms with Crippen LogP contribution in [0.4, 0.5) is 0 Å². The molecule has 0 aliphatic carbocycles. The van der Waals surface area contributed by atoms with Gasteiger partial charge in [0.05, 0.1) is 0 Å². The molecule has 2 unspecified atom stereocenters. The molecule has 1 rings (SSSR count). The number of rotatable bonds is 1. The minimum Gasteiger partial charge on any atom is -0.287 e. The zero-order chi connectivity index (χ0) is 11.6. The molecule has 1 heterocycles. The van der Waals surface area contributed by atoms with Gasteiger partial charge >= 0.3 is 0 Å². The normalized spacial score (nSPS) is 27.8. The smallest absolute Gasteiger partial charge is 0.00161 e. The van der Waals surface area contributed by atoms with Crippen molar-refractivity contribution >= 4 is 9.39 Å². The van der Waals surface area contributed by atoms with Crippen molar-refractivity contribution in [2.24, 2.45) is 5.92 Å². The standard InChI is InChI=1S/C14H30NP/c1-2-14-10-6-3-4-8-12-15(16)13-9-5-7-11-14/h14H,2-13,16H2,1H3. The highest BCUT2D eigenvalue weighted by Crippen LogP contribution is 2.21. The van der Waals surface area contributed by atoms with E-state index in [1.54, 1.807) is 0 Å². The van der Waals surface area contributed by atoms with E-state index in [4.69, 9.17) is 0 Å². The quantitative estimate of drug-likeness (QED) is 0.607. The molecule has 0 aromatic rings. The summed E-state index contributed by atoms with van der Waals surface area (Å²) in [6.07, 6.45) is 14.4. The van der Waals surface area contributed by atoms with Crippen molar-refractivity contribution in [1.82, 2.24) is 4.67 Å². The van der Waals surface area contributed by atoms with Crippen molar-refractivity contribution in [1.29, 1.82) is 0 Å². The maximum Gasteiger partial charge on any atom is 0.00161 e. The van der Waals surface area contributed by atoms with Gasteiger partial charge in [-0.2, -0.15) is 0 Å². The largest absolute Gasteiger partial charge is 0.287 e. The molecule has 16 heavy (non-hydrogen) atoms. The van der Waals surface area contributed by atoms with Crippen molar-refractivity contribution in [2.75, 3.05) is 13.1 Å². The van der Waals surface area contributed by atoms with Crippen LogP contribution >= 0.6 is 9.39 Å². The summed E-state index contributed by atoms with van der Waals surface area (Å²) < 4.78 is 2.44. The molecular formula is C14H30NP. The summed E-state index contributed by atoms with van der Waals surface area (Å²) in [6.45, 7) is 4.93. The molecular weight excluding hydrogens is 213 g/mol. The highest BCUT2D eigenvalue weighted by molar-refractivity contribution is 7.13. The molecule has 0 N–H and O–H groups in total. The number of hydrogen-bond donors (Lipinski definition) is 0. The predicted molar refractivity (Wildman–Crippen MR) is 76.6 cm³/mol. The molecule has 0 saturated carbocycles. The van der Waals surface area contributed by atoms with Crippen LogP contribution in [-0.2, 0) is 0 Å². The van der Waals surface area contributed by atoms with E-state index in [1.807, 2.05) is 0 Å². The van der Waals surface area contributed by atoms with Crippen LogP contribution in [0.25, 0.3) is 0 Å². The Kier molecular flexibility index (Phi) is 8.51. The zero-order valence-electron chi connectivity index (χ0n) is 11.1. The van der Waals surface area contributed by atoms with Crippen molar-refractivity contribution in [3.05, 3.63) is 0 Å². The summed E-state index contributed by atoms with van der Waals surface area (Å²) in [5.74, 6) is 1.02. The Labute approximate surface area is 105 Å². The first-order valence-corrected chi connectivity index (χ1v) is 7.84. The van der Waals surface area contributed by atoms with Gasteiger partial charge in [-0.1, -0.05) is 67.7 Å². The van der Waals surface area contributed by atoms with E-state index in [0.29, 0.717) is 0 Å². The van der Waals surface area contributed by atoms with E-state index in [-0.39, 0.29) is 0 Å². The molecule has 1 nitrogen and oxygen atoms in total. The fourth-order valence-electron chi connectivity index (χ4n) is 2.69. The van der Waals surface area contributed by atoms with E-state index in [9.17, 15) is 0 Å². The highest BCUT2D eigenvalue weighted by Gasteiger charge is 2.07. The van der Waals surface area contributed by atoms with E-state index >= 15 is 0 Å². The molecule has 0 aromatic heterocycles. The fraction of sp³-hybridized carbons (Fsp3) is 1.00. The molecule has 0 aromatic carbocycles. The fourth-order valence-corrected chi connectivity index (χ4v) is 3.06. The van der Waals surface area contributed by atoms with E-state index in [2.05, 4.69) is 21.0 Å². The van der Waals surface area contributed by atoms with Crippen LogP contribution in [0.5, 0.6) is 0 Å². The lowest BCUT2D eigenvalue weighted by Gasteiger charge is -2.15. The second-order valence-electron chi connectivity index (χ2n) is 5.36. The van der Waals surface area contributed by atoms with Crippen LogP contribution in [0.2, 0.25) is 0 Å². The lowest BCUT2D eigenvalue weighted by Crippen LogP contribution is -2.14. The summed E-state index contributed by atoms with van der Waals surface area (Å²) >= 11 is 0. The van der Waals surface area contributed by atoms with Gasteiger partial charge in [0.1, 0.15) is 0 Å². The first-order valence-electron chi connectivity index (χ1n) is 7.32. The molecule has 0 radical (unpaired) electrons. The van der Waals surface area contributed by atoms with Crippen molar-refractivity contribution in [3.8, 4) is 0 Å². The average molecular weight is 243 g/mol. The van der Waals surface area contributed by atoms with Gasteiger partial charge in [-0.3, -0.25) is 4.67 Å². The Morgan fingerprint density at radius 1 is 0.875 bits per heavy atom. The lowest BCUT2D eigenvalue weighted by atomic mass is 9.93. The van der Waals surface area contributed by atoms with Crippen molar-refractivity contribution in [3.63, 3.8) is 0 Å². The summed E-state index contributed by atoms with van der Waals surface area (Å²) in [6, 6.07) is 0. The van der Waals surface area contributed by atoms with Crippen LogP contribution < -0.4 is 0 Å². The third-order valence-corrected chi connectivity index (χ3v) is 4.46. The molecule has 1 aliphatic rings. The third kappa shape index (κ3) is 6.86. The van der Waals surface area contributed by atoms with Gasteiger partial charge in [0.15, 0.2) is 0 Å². The van der Waals surface area contributed by atoms with E-state index in [0.717, 1.165) is 5.92 Å². The topological polar surface area (TPSA) is 3.24 Å². The maximum absolute atomic E-state index is 2.90. The first-order chi connectivity index (χ1) is 7.83. The van der Waals surface area contributed by atoms with Crippen molar-refractivity contribution in [2.45, 2.75) is 71.1 Å². The Morgan fingerprint density at radius 2 is 1.38 bits per heavy atom. The van der Waals surface area contributed by atoms with Crippen LogP contribution in [0.15, 0.2) is 0 Å². The zero-order valence-corrected chi connectivity index (χ0v) is 12.2. The van der Waals surface area contributed by atoms with Gasteiger partial charge in [0.25, 0.3) is 0 Å². The van der Waals surface area contributed by atoms with Gasteiger partial charge in [-0.05, 0) is 18.8 Å². The molecule has 96 valence electrons. The Hall–Kier alpha value is 0.390. The Bertz CT molecular complexity index is 161. The molecule has 0 amide bonds. The summed E-state index contributed by atoms with van der Waals surface area (Å²) in [5, 5.41) is 0. The molecule has 2 heteroatoms. The molecule has 0 bridgehead atoms. The molecule has 2 atom stereocenters. The number of nitrogens with zero attached hydrogens (tertiary/aromatic N) is 1. The highest BCUT2D eigenvalue weighted by atomic mass is 31.0. The van der Waals surface area contributed by atoms with Crippen LogP contribution in [-0.4, -0.2) is 17.8 Å². The van der Waals surface area contributed by atoms with E-state index < -0.39 is 0 Å². The molecule has 0 spiro atoms. The second kappa shape index (κ2) is 9.42. The number of hydrogen-bond acceptors (Lipinski definition) is 1. The van der Waals surface area contributed by atoms with Crippen molar-refractivity contribution < 1.29 is 0 Å². The van der Waals surface area contributed by atoms with Crippen LogP contribution in [0.3, 0.4) is 0 Å². The third-order valence-electron chi connectivity index (χ3n) is 3.94. The lowest BCUT2D eigenvalue weighted by molar-refractivity contribution is 0.396. The van der Waals surface area contributed by atoms with Gasteiger partial charge in [-0.15, -0.1) is 0 Å². The Balaban J connectivity index is 2.25. The Morgan fingerprint density at radius 3 is 1.94 bits per heavy atom. The van der Waals surface area contributed by atoms with Gasteiger partial charge < -0.3 is 0 Å². The minimum absolute atomic E-state index is 1.02. The molecule has 1 fully saturated rings. The summed E-state index contributed by atoms with van der Waals surface area (Å²) in [5.41, 5.74) is 0. The molecule has 1 aliphatic heterocycles. The maximum atomic E-state index is 2.90. The predicted octanol–water partition coefficient (Wildman–Crippen LogP) is 4.63. The second-order valence-corrected chi connectivity index (χ2v) is 6.09. The van der Waals surface area contributed by atoms with Crippen LogP contribution in [0.1, 0.15) is 71.1 Å². The van der Waals surface area contributed by atoms with E-state index in [1.165, 1.54) is 77.3 Å². The van der Waals surface area contributed by atoms with Gasteiger partial charge in [0.2, 0.25) is 0 Å². The monoisotopic (exact) mass is 243 g/mol. The first kappa shape index (κ1) is 14.5. The average Bonchev–Trinajstić information content (AvgIpc) is 2.31. The van der Waals surface area contributed by atoms with Gasteiger partial charge in [-0.25, -0.2) is 0 Å². The SMILES string of the molecule is CCC1CCCCCCN(P)CCCCC1. The minimum atomic E-state index is 1.02.